The quantitative estimate of drug-likeness (QED) is 0.943. The largest absolute Gasteiger partial charge is 0.394 e. The Labute approximate surface area is 122 Å². The summed E-state index contributed by atoms with van der Waals surface area (Å²) < 4.78 is 1.96. The highest BCUT2D eigenvalue weighted by atomic mass is 32.1. The van der Waals surface area contributed by atoms with E-state index < -0.39 is 0 Å². The van der Waals surface area contributed by atoms with E-state index >= 15 is 0 Å². The van der Waals surface area contributed by atoms with E-state index in [1.165, 1.54) is 11.3 Å². The van der Waals surface area contributed by atoms with Crippen molar-refractivity contribution in [2.75, 3.05) is 13.2 Å². The van der Waals surface area contributed by atoms with Gasteiger partial charge in [-0.1, -0.05) is 6.92 Å². The second-order valence-electron chi connectivity index (χ2n) is 5.24. The molecule has 3 heterocycles. The summed E-state index contributed by atoms with van der Waals surface area (Å²) in [7, 11) is 0. The molecule has 0 bridgehead atoms. The number of nitrogens with zero attached hydrogens (tertiary/aromatic N) is 2. The summed E-state index contributed by atoms with van der Waals surface area (Å²) in [6, 6.07) is 5.80. The molecule has 1 aliphatic heterocycles. The van der Waals surface area contributed by atoms with Crippen LogP contribution in [0.4, 0.5) is 0 Å². The SMILES string of the molecule is CC1CCN(C(=O)c2sccc2-n2cccc2)C1CO. The van der Waals surface area contributed by atoms with Crippen molar-refractivity contribution >= 4 is 17.2 Å². The van der Waals surface area contributed by atoms with Crippen molar-refractivity contribution in [3.05, 3.63) is 40.8 Å². The third kappa shape index (κ3) is 2.17. The molecule has 2 unspecified atom stereocenters. The Bertz CT molecular complexity index is 591. The minimum atomic E-state index is -0.0536. The number of rotatable bonds is 3. The smallest absolute Gasteiger partial charge is 0.266 e. The molecule has 20 heavy (non-hydrogen) atoms. The third-order valence-corrected chi connectivity index (χ3v) is 4.94. The van der Waals surface area contributed by atoms with Crippen LogP contribution >= 0.6 is 11.3 Å². The van der Waals surface area contributed by atoms with Gasteiger partial charge in [0.15, 0.2) is 0 Å². The fraction of sp³-hybridized carbons (Fsp3) is 0.400. The van der Waals surface area contributed by atoms with Crippen molar-refractivity contribution in [1.82, 2.24) is 9.47 Å². The van der Waals surface area contributed by atoms with Crippen LogP contribution in [0.5, 0.6) is 0 Å². The number of carbonyl (C=O) groups excluding carboxylic acids is 1. The van der Waals surface area contributed by atoms with Crippen molar-refractivity contribution in [3.63, 3.8) is 0 Å². The second kappa shape index (κ2) is 5.42. The van der Waals surface area contributed by atoms with E-state index in [4.69, 9.17) is 0 Å². The number of hydrogen-bond acceptors (Lipinski definition) is 3. The van der Waals surface area contributed by atoms with Crippen molar-refractivity contribution in [1.29, 1.82) is 0 Å². The van der Waals surface area contributed by atoms with Gasteiger partial charge in [-0.15, -0.1) is 11.3 Å². The maximum atomic E-state index is 12.8. The molecule has 0 aromatic carbocycles. The maximum absolute atomic E-state index is 12.8. The molecule has 1 saturated heterocycles. The molecule has 1 aliphatic rings. The molecular formula is C15H18N2O2S. The highest BCUT2D eigenvalue weighted by molar-refractivity contribution is 7.12. The molecule has 106 valence electrons. The van der Waals surface area contributed by atoms with Crippen LogP contribution in [0.2, 0.25) is 0 Å². The second-order valence-corrected chi connectivity index (χ2v) is 6.16. The summed E-state index contributed by atoms with van der Waals surface area (Å²) in [5.41, 5.74) is 0.918. The van der Waals surface area contributed by atoms with E-state index in [9.17, 15) is 9.90 Å². The number of carbonyl (C=O) groups is 1. The van der Waals surface area contributed by atoms with E-state index in [1.807, 2.05) is 45.4 Å². The molecule has 5 heteroatoms. The molecular weight excluding hydrogens is 272 g/mol. The fourth-order valence-electron chi connectivity index (χ4n) is 2.83. The number of aliphatic hydroxyl groups excluding tert-OH is 1. The van der Waals surface area contributed by atoms with Gasteiger partial charge in [-0.25, -0.2) is 0 Å². The van der Waals surface area contributed by atoms with Crippen molar-refractivity contribution in [2.45, 2.75) is 19.4 Å². The summed E-state index contributed by atoms with van der Waals surface area (Å²) in [5.74, 6) is 0.394. The van der Waals surface area contributed by atoms with Crippen molar-refractivity contribution < 1.29 is 9.90 Å². The predicted octanol–water partition coefficient (Wildman–Crippen LogP) is 2.38. The molecule has 0 spiro atoms. The van der Waals surface area contributed by atoms with Gasteiger partial charge >= 0.3 is 0 Å². The number of amides is 1. The third-order valence-electron chi connectivity index (χ3n) is 4.05. The molecule has 2 atom stereocenters. The normalized spacial score (nSPS) is 22.4. The van der Waals surface area contributed by atoms with E-state index in [1.54, 1.807) is 0 Å². The molecule has 2 aromatic heterocycles. The summed E-state index contributed by atoms with van der Waals surface area (Å²) in [6.07, 6.45) is 4.84. The van der Waals surface area contributed by atoms with Crippen LogP contribution in [0, 0.1) is 5.92 Å². The first kappa shape index (κ1) is 13.4. The van der Waals surface area contributed by atoms with Crippen molar-refractivity contribution in [3.8, 4) is 5.69 Å². The molecule has 1 amide bonds. The first-order valence-corrected chi connectivity index (χ1v) is 7.73. The van der Waals surface area contributed by atoms with Gasteiger partial charge in [-0.2, -0.15) is 0 Å². The van der Waals surface area contributed by atoms with Gasteiger partial charge < -0.3 is 14.6 Å². The monoisotopic (exact) mass is 290 g/mol. The molecule has 3 rings (SSSR count). The fourth-order valence-corrected chi connectivity index (χ4v) is 3.68. The molecule has 1 fully saturated rings. The van der Waals surface area contributed by atoms with Crippen LogP contribution in [-0.2, 0) is 0 Å². The van der Waals surface area contributed by atoms with Gasteiger partial charge in [0, 0.05) is 18.9 Å². The van der Waals surface area contributed by atoms with Crippen LogP contribution in [0.1, 0.15) is 23.0 Å². The van der Waals surface area contributed by atoms with E-state index in [0.29, 0.717) is 5.92 Å². The van der Waals surface area contributed by atoms with Gasteiger partial charge in [-0.3, -0.25) is 4.79 Å². The average molecular weight is 290 g/mol. The first-order chi connectivity index (χ1) is 9.72. The van der Waals surface area contributed by atoms with Gasteiger partial charge in [-0.05, 0) is 35.9 Å². The Morgan fingerprint density at radius 1 is 1.45 bits per heavy atom. The van der Waals surface area contributed by atoms with E-state index in [2.05, 4.69) is 6.92 Å². The standard InChI is InChI=1S/C15H18N2O2S/c1-11-4-8-17(13(11)10-18)15(19)14-12(5-9-20-14)16-6-2-3-7-16/h2-3,5-7,9,11,13,18H,4,8,10H2,1H3. The zero-order valence-corrected chi connectivity index (χ0v) is 12.2. The van der Waals surface area contributed by atoms with Crippen LogP contribution in [0.15, 0.2) is 36.0 Å². The predicted molar refractivity (Wildman–Crippen MR) is 79.3 cm³/mol. The average Bonchev–Trinajstić information content (AvgIpc) is 3.17. The lowest BCUT2D eigenvalue weighted by Crippen LogP contribution is -2.39. The molecule has 2 aromatic rings. The van der Waals surface area contributed by atoms with Gasteiger partial charge in [0.05, 0.1) is 18.3 Å². The first-order valence-electron chi connectivity index (χ1n) is 6.85. The number of thiophene rings is 1. The highest BCUT2D eigenvalue weighted by Gasteiger charge is 2.35. The Kier molecular flexibility index (Phi) is 3.63. The lowest BCUT2D eigenvalue weighted by molar-refractivity contribution is 0.0653. The van der Waals surface area contributed by atoms with E-state index in [0.717, 1.165) is 23.5 Å². The van der Waals surface area contributed by atoms with Crippen molar-refractivity contribution in [2.24, 2.45) is 5.92 Å². The van der Waals surface area contributed by atoms with Crippen LogP contribution in [-0.4, -0.2) is 39.7 Å². The van der Waals surface area contributed by atoms with Crippen LogP contribution < -0.4 is 0 Å². The number of likely N-dealkylation sites (tertiary alicyclic amines) is 1. The summed E-state index contributed by atoms with van der Waals surface area (Å²) in [6.45, 7) is 2.86. The molecule has 0 aliphatic carbocycles. The van der Waals surface area contributed by atoms with Gasteiger partial charge in [0.1, 0.15) is 4.88 Å². The zero-order valence-electron chi connectivity index (χ0n) is 11.4. The maximum Gasteiger partial charge on any atom is 0.266 e. The lowest BCUT2D eigenvalue weighted by atomic mass is 10.0. The minimum absolute atomic E-state index is 0.0344. The zero-order chi connectivity index (χ0) is 14.1. The molecule has 4 nitrogen and oxygen atoms in total. The van der Waals surface area contributed by atoms with E-state index in [-0.39, 0.29) is 18.6 Å². The topological polar surface area (TPSA) is 45.5 Å². The van der Waals surface area contributed by atoms with Crippen LogP contribution in [0.25, 0.3) is 5.69 Å². The number of hydrogen-bond donors (Lipinski definition) is 1. The Morgan fingerprint density at radius 2 is 2.20 bits per heavy atom. The summed E-state index contributed by atoms with van der Waals surface area (Å²) in [4.78, 5) is 15.3. The summed E-state index contributed by atoms with van der Waals surface area (Å²) >= 11 is 1.46. The minimum Gasteiger partial charge on any atom is -0.394 e. The van der Waals surface area contributed by atoms with Crippen LogP contribution in [0.3, 0.4) is 0 Å². The Hall–Kier alpha value is -1.59. The summed E-state index contributed by atoms with van der Waals surface area (Å²) in [5, 5.41) is 11.5. The number of aromatic nitrogens is 1. The molecule has 1 N–H and O–H groups in total. The Morgan fingerprint density at radius 3 is 2.90 bits per heavy atom. The molecule has 0 radical (unpaired) electrons. The van der Waals surface area contributed by atoms with Gasteiger partial charge in [0.25, 0.3) is 5.91 Å². The molecule has 0 saturated carbocycles. The van der Waals surface area contributed by atoms with Gasteiger partial charge in [0.2, 0.25) is 0 Å². The highest BCUT2D eigenvalue weighted by Crippen LogP contribution is 2.29. The lowest BCUT2D eigenvalue weighted by Gasteiger charge is -2.25. The Balaban J connectivity index is 1.90. The number of aliphatic hydroxyl groups is 1.